The summed E-state index contributed by atoms with van der Waals surface area (Å²) in [7, 11) is 0. The van der Waals surface area contributed by atoms with Crippen molar-refractivity contribution in [1.29, 1.82) is 0 Å². The van der Waals surface area contributed by atoms with Crippen LogP contribution in [-0.4, -0.2) is 107 Å². The number of benzene rings is 3. The van der Waals surface area contributed by atoms with E-state index in [-0.39, 0.29) is 54.8 Å². The van der Waals surface area contributed by atoms with Gasteiger partial charge < -0.3 is 35.1 Å². The van der Waals surface area contributed by atoms with Crippen LogP contribution in [0.2, 0.25) is 0 Å². The Bertz CT molecular complexity index is 2460. The van der Waals surface area contributed by atoms with E-state index in [0.717, 1.165) is 55.6 Å². The minimum atomic E-state index is -2.34. The number of H-pyrrole nitrogens is 1. The third-order valence-electron chi connectivity index (χ3n) is 11.8. The average Bonchev–Trinajstić information content (AvgIpc) is 3.92. The number of hydrogen-bond acceptors (Lipinski definition) is 11. The zero-order valence-electron chi connectivity index (χ0n) is 35.9. The highest BCUT2D eigenvalue weighted by Gasteiger charge is 2.52. The number of aromatic amines is 1. The normalized spacial score (nSPS) is 18.4. The predicted molar refractivity (Wildman–Crippen MR) is 233 cm³/mol. The number of aromatic nitrogens is 1. The van der Waals surface area contributed by atoms with Gasteiger partial charge in [0.05, 0.1) is 16.8 Å². The highest BCUT2D eigenvalue weighted by Crippen LogP contribution is 2.32. The lowest BCUT2D eigenvalue weighted by Gasteiger charge is -2.27. The molecule has 0 saturated carbocycles. The second kappa shape index (κ2) is 21.1. The first kappa shape index (κ1) is 46.6. The van der Waals surface area contributed by atoms with Crippen molar-refractivity contribution in [2.24, 2.45) is 0 Å². The van der Waals surface area contributed by atoms with Crippen LogP contribution in [-0.2, 0) is 35.2 Å². The van der Waals surface area contributed by atoms with Crippen molar-refractivity contribution in [1.82, 2.24) is 20.5 Å². The maximum atomic E-state index is 13.5. The van der Waals surface area contributed by atoms with Crippen LogP contribution >= 0.6 is 0 Å². The van der Waals surface area contributed by atoms with Gasteiger partial charge in [0.15, 0.2) is 5.78 Å². The molecule has 6 amide bonds. The molecule has 0 aliphatic carbocycles. The number of carbonyl (C=O) groups excluding carboxylic acids is 7. The Morgan fingerprint density at radius 2 is 1.49 bits per heavy atom. The first-order chi connectivity index (χ1) is 31.3. The Morgan fingerprint density at radius 1 is 0.800 bits per heavy atom. The van der Waals surface area contributed by atoms with Crippen LogP contribution in [0.5, 0.6) is 0 Å². The number of imide groups is 2. The largest absolute Gasteiger partial charge is 0.385 e. The van der Waals surface area contributed by atoms with Crippen LogP contribution in [0.15, 0.2) is 60.7 Å². The smallest absolute Gasteiger partial charge is 0.268 e. The Kier molecular flexibility index (Phi) is 15.1. The minimum Gasteiger partial charge on any atom is -0.385 e. The molecule has 5 N–H and O–H groups in total. The molecular weight excluding hydrogens is 847 g/mol. The van der Waals surface area contributed by atoms with Gasteiger partial charge in [-0.3, -0.25) is 43.8 Å². The molecule has 4 aromatic rings. The number of ether oxygens (including phenoxy) is 2. The molecule has 2 saturated heterocycles. The number of nitrogens with one attached hydrogen (secondary N) is 4. The molecule has 0 spiro atoms. The number of rotatable bonds is 23. The molecule has 0 bridgehead atoms. The maximum absolute atomic E-state index is 13.5. The molecular formula is C47H52F2N6O10. The number of halogens is 2. The van der Waals surface area contributed by atoms with Crippen molar-refractivity contribution in [2.75, 3.05) is 49.7 Å². The van der Waals surface area contributed by atoms with Crippen LogP contribution in [0.25, 0.3) is 10.9 Å². The maximum Gasteiger partial charge on any atom is 0.268 e. The van der Waals surface area contributed by atoms with Crippen LogP contribution in [0, 0.1) is 11.6 Å². The lowest BCUT2D eigenvalue weighted by Crippen LogP contribution is -2.54. The fourth-order valence-corrected chi connectivity index (χ4v) is 8.20. The molecule has 2 atom stereocenters. The molecule has 18 heteroatoms. The second-order valence-electron chi connectivity index (χ2n) is 16.5. The summed E-state index contributed by atoms with van der Waals surface area (Å²) in [5.41, 5.74) is 0.562. The zero-order chi connectivity index (χ0) is 46.1. The van der Waals surface area contributed by atoms with Gasteiger partial charge in [0.1, 0.15) is 17.7 Å². The fourth-order valence-electron chi connectivity index (χ4n) is 8.20. The molecule has 0 radical (unpaired) electrons. The summed E-state index contributed by atoms with van der Waals surface area (Å²) in [5, 5.41) is 19.6. The van der Waals surface area contributed by atoms with Crippen molar-refractivity contribution in [3.63, 3.8) is 0 Å². The van der Waals surface area contributed by atoms with Gasteiger partial charge >= 0.3 is 0 Å². The summed E-state index contributed by atoms with van der Waals surface area (Å²) < 4.78 is 38.6. The van der Waals surface area contributed by atoms with E-state index in [1.165, 1.54) is 4.90 Å². The molecule has 2 fully saturated rings. The van der Waals surface area contributed by atoms with Crippen molar-refractivity contribution in [3.05, 3.63) is 94.7 Å². The molecule has 1 unspecified atom stereocenters. The molecule has 3 aliphatic heterocycles. The van der Waals surface area contributed by atoms with Gasteiger partial charge in [-0.05, 0) is 105 Å². The van der Waals surface area contributed by atoms with Gasteiger partial charge in [-0.2, -0.15) is 0 Å². The number of aliphatic hydroxyl groups is 1. The van der Waals surface area contributed by atoms with Crippen molar-refractivity contribution in [3.8, 4) is 0 Å². The minimum absolute atomic E-state index is 0.0430. The second-order valence-corrected chi connectivity index (χ2v) is 16.5. The van der Waals surface area contributed by atoms with Gasteiger partial charge in [0.2, 0.25) is 17.4 Å². The van der Waals surface area contributed by atoms with Gasteiger partial charge in [-0.25, -0.2) is 8.78 Å². The molecule has 16 nitrogen and oxygen atoms in total. The van der Waals surface area contributed by atoms with E-state index in [2.05, 4.69) is 20.9 Å². The lowest BCUT2D eigenvalue weighted by atomic mass is 10.0. The summed E-state index contributed by atoms with van der Waals surface area (Å²) in [6.45, 7) is 2.90. The first-order valence-electron chi connectivity index (χ1n) is 22.0. The third-order valence-corrected chi connectivity index (χ3v) is 11.8. The number of hydrogen-bond donors (Lipinski definition) is 5. The highest BCUT2D eigenvalue weighted by atomic mass is 19.1. The molecule has 3 aliphatic rings. The van der Waals surface area contributed by atoms with Crippen molar-refractivity contribution in [2.45, 2.75) is 88.8 Å². The van der Waals surface area contributed by atoms with Crippen LogP contribution in [0.1, 0.15) is 107 Å². The predicted octanol–water partition coefficient (Wildman–Crippen LogP) is 5.08. The molecule has 65 heavy (non-hydrogen) atoms. The third kappa shape index (κ3) is 11.1. The summed E-state index contributed by atoms with van der Waals surface area (Å²) in [5.74, 6) is -5.57. The summed E-state index contributed by atoms with van der Waals surface area (Å²) in [6, 6.07) is 13.6. The van der Waals surface area contributed by atoms with E-state index in [4.69, 9.17) is 9.47 Å². The monoisotopic (exact) mass is 898 g/mol. The number of fused-ring (bicyclic) bond motifs is 2. The number of ketones is 1. The van der Waals surface area contributed by atoms with Crippen molar-refractivity contribution < 1.29 is 56.9 Å². The summed E-state index contributed by atoms with van der Waals surface area (Å²) in [4.78, 5) is 94.2. The van der Waals surface area contributed by atoms with E-state index in [1.807, 2.05) is 0 Å². The molecule has 344 valence electrons. The summed E-state index contributed by atoms with van der Waals surface area (Å²) >= 11 is 0. The van der Waals surface area contributed by atoms with E-state index >= 15 is 0 Å². The van der Waals surface area contributed by atoms with Gasteiger partial charge in [-0.15, -0.1) is 0 Å². The summed E-state index contributed by atoms with van der Waals surface area (Å²) in [6.07, 6.45) is 6.11. The Labute approximate surface area is 373 Å². The molecule has 7 rings (SSSR count). The Morgan fingerprint density at radius 3 is 2.22 bits per heavy atom. The number of amides is 6. The SMILES string of the molecule is O=C1CCC(N2C(=O)c3ccc(NCCCCOCCCCOCCCCCC(=O)c4cc5cc(N6CC[C@](O)(C(=O)NCc7cc(F)cc(F)c7)C6=O)ccc5[nH]4)cc3C2=O)C(=O)N1. The van der Waals surface area contributed by atoms with E-state index in [1.54, 1.807) is 42.5 Å². The number of piperidine rings is 1. The van der Waals surface area contributed by atoms with Crippen molar-refractivity contribution >= 4 is 63.5 Å². The van der Waals surface area contributed by atoms with Gasteiger partial charge in [-0.1, -0.05) is 6.42 Å². The fraction of sp³-hybridized carbons (Fsp3) is 0.426. The topological polar surface area (TPSA) is 217 Å². The number of nitrogens with zero attached hydrogens (tertiary/aromatic N) is 2. The van der Waals surface area contributed by atoms with Crippen LogP contribution < -0.4 is 20.9 Å². The quantitative estimate of drug-likeness (QED) is 0.0286. The average molecular weight is 899 g/mol. The Balaban J connectivity index is 0.707. The number of Topliss-reactive ketones (excluding diaryl/α,β-unsaturated/α-hetero) is 1. The Hall–Kier alpha value is -6.37. The van der Waals surface area contributed by atoms with Gasteiger partial charge in [0.25, 0.3) is 23.6 Å². The zero-order valence-corrected chi connectivity index (χ0v) is 35.9. The van der Waals surface area contributed by atoms with Gasteiger partial charge in [0, 0.05) is 93.7 Å². The lowest BCUT2D eigenvalue weighted by molar-refractivity contribution is -0.149. The highest BCUT2D eigenvalue weighted by molar-refractivity contribution is 6.24. The van der Waals surface area contributed by atoms with E-state index in [0.29, 0.717) is 79.9 Å². The molecule has 4 heterocycles. The number of carbonyl (C=O) groups is 7. The van der Waals surface area contributed by atoms with E-state index in [9.17, 15) is 47.4 Å². The number of unbranched alkanes of at least 4 members (excludes halogenated alkanes) is 4. The standard InChI is InChI=1S/C47H52F2N6O10/c48-31-22-29(23-32(49)26-31)28-51-45(61)47(63)15-17-54(46(47)62)34-10-12-37-30(24-34)25-38(52-37)40(56)8-2-1-4-18-64-20-6-7-21-65-19-5-3-16-50-33-9-11-35-36(27-33)44(60)55(43(35)59)39-13-14-41(57)53-42(39)58/h9-12,22-27,39,50,52,63H,1-8,13-21,28H2,(H,51,61)(H,53,57,58)/t39?,47-/m0/s1. The molecule has 1 aromatic heterocycles. The number of anilines is 2. The van der Waals surface area contributed by atoms with Crippen LogP contribution in [0.3, 0.4) is 0 Å². The first-order valence-corrected chi connectivity index (χ1v) is 22.0. The molecule has 3 aromatic carbocycles. The van der Waals surface area contributed by atoms with E-state index < -0.39 is 58.7 Å². The van der Waals surface area contributed by atoms with Crippen LogP contribution in [0.4, 0.5) is 20.2 Å².